The van der Waals surface area contributed by atoms with E-state index in [0.29, 0.717) is 12.8 Å². The number of nitrogens with zero attached hydrogens (tertiary/aromatic N) is 1. The van der Waals surface area contributed by atoms with Gasteiger partial charge >= 0.3 is 6.03 Å². The van der Waals surface area contributed by atoms with Crippen molar-refractivity contribution in [1.82, 2.24) is 10.2 Å². The van der Waals surface area contributed by atoms with Crippen LogP contribution in [0.4, 0.5) is 14.9 Å². The minimum absolute atomic E-state index is 0.00129. The number of hydrogen-bond acceptors (Lipinski definition) is 3. The van der Waals surface area contributed by atoms with Crippen LogP contribution < -0.4 is 10.6 Å². The third-order valence-corrected chi connectivity index (χ3v) is 4.55. The van der Waals surface area contributed by atoms with Gasteiger partial charge in [0, 0.05) is 0 Å². The van der Waals surface area contributed by atoms with Gasteiger partial charge in [0.25, 0.3) is 5.91 Å². The van der Waals surface area contributed by atoms with Gasteiger partial charge in [0.15, 0.2) is 0 Å². The second kappa shape index (κ2) is 7.57. The van der Waals surface area contributed by atoms with Crippen molar-refractivity contribution < 1.29 is 18.8 Å². The van der Waals surface area contributed by atoms with Crippen molar-refractivity contribution >= 4 is 23.5 Å². The van der Waals surface area contributed by atoms with Crippen LogP contribution in [-0.4, -0.2) is 34.8 Å². The van der Waals surface area contributed by atoms with E-state index in [-0.39, 0.29) is 5.69 Å². The number of amides is 4. The highest BCUT2D eigenvalue weighted by atomic mass is 19.1. The molecule has 2 N–H and O–H groups in total. The summed E-state index contributed by atoms with van der Waals surface area (Å²) in [7, 11) is 0. The number of aryl methyl sites for hydroxylation is 1. The molecule has 1 atom stereocenters. The fourth-order valence-corrected chi connectivity index (χ4v) is 3.00. The first-order chi connectivity index (χ1) is 12.9. The molecule has 6 nitrogen and oxygen atoms in total. The lowest BCUT2D eigenvalue weighted by Gasteiger charge is -2.21. The van der Waals surface area contributed by atoms with Gasteiger partial charge in [-0.1, -0.05) is 42.5 Å². The van der Waals surface area contributed by atoms with E-state index < -0.39 is 35.7 Å². The molecule has 0 radical (unpaired) electrons. The summed E-state index contributed by atoms with van der Waals surface area (Å²) >= 11 is 0. The van der Waals surface area contributed by atoms with Gasteiger partial charge in [-0.05, 0) is 37.5 Å². The molecule has 7 heteroatoms. The SMILES string of the molecule is C[C@@]1(CCc2ccccc2)NC(=O)N(CC(=O)Nc2ccccc2F)C1=O. The normalized spacial score (nSPS) is 19.1. The molecular formula is C20H20FN3O3. The van der Waals surface area contributed by atoms with Crippen LogP contribution in [0, 0.1) is 5.82 Å². The van der Waals surface area contributed by atoms with Gasteiger partial charge in [-0.3, -0.25) is 14.5 Å². The lowest BCUT2D eigenvalue weighted by atomic mass is 9.93. The number of anilines is 1. The number of benzene rings is 2. The first kappa shape index (κ1) is 18.6. The van der Waals surface area contributed by atoms with E-state index in [1.807, 2.05) is 30.3 Å². The molecular weight excluding hydrogens is 349 g/mol. The molecule has 1 fully saturated rings. The molecule has 2 aromatic rings. The second-order valence-corrected chi connectivity index (χ2v) is 6.67. The number of carbonyl (C=O) groups excluding carboxylic acids is 3. The molecule has 4 amide bonds. The standard InChI is InChI=1S/C20H20FN3O3/c1-20(12-11-14-7-3-2-4-8-14)18(26)24(19(27)23-20)13-17(25)22-16-10-6-5-9-15(16)21/h2-10H,11-13H2,1H3,(H,22,25)(H,23,27)/t20-/m0/s1. The van der Waals surface area contributed by atoms with Crippen LogP contribution in [0.3, 0.4) is 0 Å². The Kier molecular flexibility index (Phi) is 5.21. The maximum absolute atomic E-state index is 13.6. The van der Waals surface area contributed by atoms with E-state index >= 15 is 0 Å². The van der Waals surface area contributed by atoms with Gasteiger partial charge in [0.1, 0.15) is 17.9 Å². The molecule has 0 aromatic heterocycles. The zero-order chi connectivity index (χ0) is 19.4. The van der Waals surface area contributed by atoms with Crippen LogP contribution in [0.2, 0.25) is 0 Å². The number of rotatable bonds is 6. The Morgan fingerprint density at radius 1 is 1.11 bits per heavy atom. The number of carbonyl (C=O) groups is 3. The van der Waals surface area contributed by atoms with Gasteiger partial charge in [-0.2, -0.15) is 0 Å². The largest absolute Gasteiger partial charge is 0.325 e. The molecule has 1 aliphatic rings. The molecule has 1 heterocycles. The van der Waals surface area contributed by atoms with Crippen LogP contribution in [-0.2, 0) is 16.0 Å². The Labute approximate surface area is 156 Å². The molecule has 0 saturated carbocycles. The molecule has 1 aliphatic heterocycles. The summed E-state index contributed by atoms with van der Waals surface area (Å²) in [5.41, 5.74) is -0.0245. The molecule has 0 bridgehead atoms. The minimum atomic E-state index is -1.08. The van der Waals surface area contributed by atoms with Gasteiger partial charge < -0.3 is 10.6 Å². The highest BCUT2D eigenvalue weighted by molar-refractivity contribution is 6.09. The van der Waals surface area contributed by atoms with E-state index in [4.69, 9.17) is 0 Å². The number of imide groups is 1. The predicted molar refractivity (Wildman–Crippen MR) is 98.4 cm³/mol. The minimum Gasteiger partial charge on any atom is -0.323 e. The topological polar surface area (TPSA) is 78.5 Å². The average Bonchev–Trinajstić information content (AvgIpc) is 2.86. The summed E-state index contributed by atoms with van der Waals surface area (Å²) in [5, 5.41) is 5.04. The number of nitrogens with one attached hydrogen (secondary N) is 2. The van der Waals surface area contributed by atoms with Gasteiger partial charge in [-0.25, -0.2) is 9.18 Å². The molecule has 3 rings (SSSR count). The second-order valence-electron chi connectivity index (χ2n) is 6.67. The first-order valence-corrected chi connectivity index (χ1v) is 8.61. The van der Waals surface area contributed by atoms with Crippen molar-refractivity contribution in [3.8, 4) is 0 Å². The van der Waals surface area contributed by atoms with Crippen LogP contribution in [0.15, 0.2) is 54.6 Å². The maximum atomic E-state index is 13.6. The molecule has 0 unspecified atom stereocenters. The number of urea groups is 1. The zero-order valence-electron chi connectivity index (χ0n) is 14.9. The average molecular weight is 369 g/mol. The zero-order valence-corrected chi connectivity index (χ0v) is 14.9. The van der Waals surface area contributed by atoms with Crippen LogP contribution in [0.5, 0.6) is 0 Å². The highest BCUT2D eigenvalue weighted by Gasteiger charge is 2.47. The van der Waals surface area contributed by atoms with E-state index in [1.165, 1.54) is 18.2 Å². The van der Waals surface area contributed by atoms with Crippen molar-refractivity contribution in [3.05, 3.63) is 66.0 Å². The van der Waals surface area contributed by atoms with Crippen LogP contribution >= 0.6 is 0 Å². The highest BCUT2D eigenvalue weighted by Crippen LogP contribution is 2.23. The monoisotopic (exact) mass is 369 g/mol. The molecule has 1 saturated heterocycles. The van der Waals surface area contributed by atoms with Crippen LogP contribution in [0.1, 0.15) is 18.9 Å². The predicted octanol–water partition coefficient (Wildman–Crippen LogP) is 2.71. The summed E-state index contributed by atoms with van der Waals surface area (Å²) < 4.78 is 13.6. The van der Waals surface area contributed by atoms with E-state index in [0.717, 1.165) is 10.5 Å². The van der Waals surface area contributed by atoms with Crippen molar-refractivity contribution in [2.75, 3.05) is 11.9 Å². The number of hydrogen-bond donors (Lipinski definition) is 2. The fourth-order valence-electron chi connectivity index (χ4n) is 3.00. The smallest absolute Gasteiger partial charge is 0.323 e. The number of para-hydroxylation sites is 1. The molecule has 140 valence electrons. The molecule has 27 heavy (non-hydrogen) atoms. The summed E-state index contributed by atoms with van der Waals surface area (Å²) in [5.74, 6) is -1.70. The summed E-state index contributed by atoms with van der Waals surface area (Å²) in [6, 6.07) is 14.7. The Morgan fingerprint density at radius 3 is 2.48 bits per heavy atom. The lowest BCUT2D eigenvalue weighted by molar-refractivity contribution is -0.133. The fraction of sp³-hybridized carbons (Fsp3) is 0.250. The Bertz CT molecular complexity index is 872. The maximum Gasteiger partial charge on any atom is 0.325 e. The summed E-state index contributed by atoms with van der Waals surface area (Å²) in [4.78, 5) is 37.9. The Morgan fingerprint density at radius 2 is 1.78 bits per heavy atom. The quantitative estimate of drug-likeness (QED) is 0.769. The van der Waals surface area contributed by atoms with Crippen molar-refractivity contribution in [1.29, 1.82) is 0 Å². The van der Waals surface area contributed by atoms with Gasteiger partial charge in [0.2, 0.25) is 5.91 Å². The van der Waals surface area contributed by atoms with Crippen molar-refractivity contribution in [3.63, 3.8) is 0 Å². The Balaban J connectivity index is 1.63. The van der Waals surface area contributed by atoms with Gasteiger partial charge in [-0.15, -0.1) is 0 Å². The van der Waals surface area contributed by atoms with Crippen LogP contribution in [0.25, 0.3) is 0 Å². The van der Waals surface area contributed by atoms with E-state index in [2.05, 4.69) is 10.6 Å². The molecule has 0 spiro atoms. The van der Waals surface area contributed by atoms with Crippen molar-refractivity contribution in [2.24, 2.45) is 0 Å². The third kappa shape index (κ3) is 4.13. The van der Waals surface area contributed by atoms with E-state index in [9.17, 15) is 18.8 Å². The first-order valence-electron chi connectivity index (χ1n) is 8.61. The van der Waals surface area contributed by atoms with Crippen molar-refractivity contribution in [2.45, 2.75) is 25.3 Å². The third-order valence-electron chi connectivity index (χ3n) is 4.55. The summed E-state index contributed by atoms with van der Waals surface area (Å²) in [6.07, 6.45) is 1.02. The van der Waals surface area contributed by atoms with E-state index in [1.54, 1.807) is 13.0 Å². The molecule has 2 aromatic carbocycles. The van der Waals surface area contributed by atoms with Gasteiger partial charge in [0.05, 0.1) is 5.69 Å². The number of halogens is 1. The Hall–Kier alpha value is -3.22. The molecule has 0 aliphatic carbocycles. The lowest BCUT2D eigenvalue weighted by Crippen LogP contribution is -2.45. The summed E-state index contributed by atoms with van der Waals surface area (Å²) in [6.45, 7) is 1.17.